The van der Waals surface area contributed by atoms with Crippen LogP contribution in [0.5, 0.6) is 0 Å². The summed E-state index contributed by atoms with van der Waals surface area (Å²) >= 11 is 0. The summed E-state index contributed by atoms with van der Waals surface area (Å²) in [6.45, 7) is 2.86. The summed E-state index contributed by atoms with van der Waals surface area (Å²) in [7, 11) is 0. The molecular formula is C27H24F3NO3. The highest BCUT2D eigenvalue weighted by molar-refractivity contribution is 6.13. The molecule has 4 nitrogen and oxygen atoms in total. The molecule has 0 amide bonds. The molecule has 0 radical (unpaired) electrons. The van der Waals surface area contributed by atoms with Gasteiger partial charge in [-0.1, -0.05) is 60.7 Å². The van der Waals surface area contributed by atoms with Gasteiger partial charge in [-0.05, 0) is 26.3 Å². The molecule has 2 unspecified atom stereocenters. The zero-order valence-corrected chi connectivity index (χ0v) is 18.8. The zero-order chi connectivity index (χ0) is 24.7. The third kappa shape index (κ3) is 5.98. The van der Waals surface area contributed by atoms with Crippen molar-refractivity contribution < 1.29 is 27.5 Å². The molecule has 3 aromatic carbocycles. The summed E-state index contributed by atoms with van der Waals surface area (Å²) in [6, 6.07) is 18.1. The van der Waals surface area contributed by atoms with Crippen LogP contribution < -0.4 is 0 Å². The van der Waals surface area contributed by atoms with Crippen molar-refractivity contribution >= 4 is 17.5 Å². The number of halogens is 3. The fourth-order valence-electron chi connectivity index (χ4n) is 3.67. The number of nitrogens with zero attached hydrogens (tertiary/aromatic N) is 1. The molecule has 0 bridgehead atoms. The van der Waals surface area contributed by atoms with Crippen molar-refractivity contribution in [2.45, 2.75) is 32.2 Å². The number of rotatable bonds is 9. The average molecular weight is 467 g/mol. The predicted octanol–water partition coefficient (Wildman–Crippen LogP) is 5.64. The van der Waals surface area contributed by atoms with E-state index in [1.165, 1.54) is 6.92 Å². The molecular weight excluding hydrogens is 443 g/mol. The molecule has 0 heterocycles. The van der Waals surface area contributed by atoms with E-state index in [2.05, 4.69) is 4.99 Å². The van der Waals surface area contributed by atoms with Crippen LogP contribution in [0, 0.1) is 17.5 Å². The minimum Gasteiger partial charge on any atom is -0.464 e. The highest BCUT2D eigenvalue weighted by Crippen LogP contribution is 2.29. The summed E-state index contributed by atoms with van der Waals surface area (Å²) in [6.07, 6.45) is -0.322. The van der Waals surface area contributed by atoms with Gasteiger partial charge in [-0.25, -0.2) is 18.0 Å². The number of benzene rings is 3. The van der Waals surface area contributed by atoms with Gasteiger partial charge in [0, 0.05) is 28.7 Å². The SMILES string of the molecule is CCOC(=O)C(CC(C(C)=O)c1cc(F)cc(F)c1F)N=C(c1ccccc1)c1ccccc1. The maximum atomic E-state index is 14.5. The van der Waals surface area contributed by atoms with Crippen LogP contribution in [0.4, 0.5) is 13.2 Å². The Labute approximate surface area is 196 Å². The number of ether oxygens (including phenoxy) is 1. The van der Waals surface area contributed by atoms with Gasteiger partial charge < -0.3 is 4.74 Å². The number of ketones is 1. The van der Waals surface area contributed by atoms with Gasteiger partial charge in [-0.3, -0.25) is 9.79 Å². The first-order valence-corrected chi connectivity index (χ1v) is 10.8. The topological polar surface area (TPSA) is 55.7 Å². The van der Waals surface area contributed by atoms with Crippen LogP contribution >= 0.6 is 0 Å². The van der Waals surface area contributed by atoms with E-state index in [-0.39, 0.29) is 13.0 Å². The molecule has 0 aliphatic carbocycles. The molecule has 176 valence electrons. The number of hydrogen-bond donors (Lipinski definition) is 0. The summed E-state index contributed by atoms with van der Waals surface area (Å²) in [5.74, 6) is -6.36. The van der Waals surface area contributed by atoms with E-state index in [0.29, 0.717) is 22.9 Å². The zero-order valence-electron chi connectivity index (χ0n) is 18.8. The monoisotopic (exact) mass is 467 g/mol. The minimum absolute atomic E-state index is 0.0601. The molecule has 34 heavy (non-hydrogen) atoms. The second-order valence-electron chi connectivity index (χ2n) is 7.67. The van der Waals surface area contributed by atoms with Crippen molar-refractivity contribution in [3.63, 3.8) is 0 Å². The molecule has 0 fully saturated rings. The Morgan fingerprint density at radius 3 is 1.97 bits per heavy atom. The highest BCUT2D eigenvalue weighted by atomic mass is 19.2. The summed E-state index contributed by atoms with van der Waals surface area (Å²) < 4.78 is 47.5. The Morgan fingerprint density at radius 1 is 0.912 bits per heavy atom. The van der Waals surface area contributed by atoms with Crippen LogP contribution in [-0.2, 0) is 14.3 Å². The smallest absolute Gasteiger partial charge is 0.330 e. The van der Waals surface area contributed by atoms with E-state index < -0.39 is 46.7 Å². The standard InChI is InChI=1S/C27H24F3NO3/c1-3-34-27(33)24(16-21(17(2)32)22-14-20(28)15-23(29)25(22)30)31-26(18-10-6-4-7-11-18)19-12-8-5-9-13-19/h4-15,21,24H,3,16H2,1-2H3. The molecule has 0 N–H and O–H groups in total. The van der Waals surface area contributed by atoms with E-state index in [0.717, 1.165) is 6.07 Å². The Bertz CT molecular complexity index is 1140. The first kappa shape index (κ1) is 24.9. The van der Waals surface area contributed by atoms with Crippen LogP contribution in [0.25, 0.3) is 0 Å². The molecule has 0 aromatic heterocycles. The van der Waals surface area contributed by atoms with Gasteiger partial charge in [0.1, 0.15) is 17.6 Å². The molecule has 7 heteroatoms. The highest BCUT2D eigenvalue weighted by Gasteiger charge is 2.31. The summed E-state index contributed by atoms with van der Waals surface area (Å²) in [4.78, 5) is 30.0. The van der Waals surface area contributed by atoms with Crippen molar-refractivity contribution in [3.8, 4) is 0 Å². The Morgan fingerprint density at radius 2 is 1.47 bits per heavy atom. The van der Waals surface area contributed by atoms with E-state index >= 15 is 0 Å². The average Bonchev–Trinajstić information content (AvgIpc) is 2.83. The first-order chi connectivity index (χ1) is 16.3. The van der Waals surface area contributed by atoms with Gasteiger partial charge in [-0.15, -0.1) is 0 Å². The second-order valence-corrected chi connectivity index (χ2v) is 7.67. The maximum absolute atomic E-state index is 14.5. The van der Waals surface area contributed by atoms with Gasteiger partial charge in [0.2, 0.25) is 0 Å². The Balaban J connectivity index is 2.12. The number of aliphatic imine (C=N–C) groups is 1. The fraction of sp³-hybridized carbons (Fsp3) is 0.222. The number of carbonyl (C=O) groups is 2. The quantitative estimate of drug-likeness (QED) is 0.233. The molecule has 2 atom stereocenters. The van der Waals surface area contributed by atoms with Gasteiger partial charge in [0.25, 0.3) is 0 Å². The van der Waals surface area contributed by atoms with Crippen LogP contribution in [0.1, 0.15) is 42.9 Å². The minimum atomic E-state index is -1.41. The van der Waals surface area contributed by atoms with E-state index in [1.807, 2.05) is 60.7 Å². The first-order valence-electron chi connectivity index (χ1n) is 10.8. The van der Waals surface area contributed by atoms with E-state index in [1.54, 1.807) is 6.92 Å². The van der Waals surface area contributed by atoms with Crippen molar-refractivity contribution in [1.29, 1.82) is 0 Å². The van der Waals surface area contributed by atoms with E-state index in [9.17, 15) is 22.8 Å². The maximum Gasteiger partial charge on any atom is 0.330 e. The van der Waals surface area contributed by atoms with Gasteiger partial charge in [0.15, 0.2) is 11.6 Å². The lowest BCUT2D eigenvalue weighted by Crippen LogP contribution is -2.28. The van der Waals surface area contributed by atoms with Gasteiger partial charge >= 0.3 is 5.97 Å². The van der Waals surface area contributed by atoms with Crippen molar-refractivity contribution in [1.82, 2.24) is 0 Å². The number of esters is 1. The van der Waals surface area contributed by atoms with Crippen molar-refractivity contribution in [2.24, 2.45) is 4.99 Å². The third-order valence-electron chi connectivity index (χ3n) is 5.28. The molecule has 0 spiro atoms. The normalized spacial score (nSPS) is 12.5. The molecule has 0 aliphatic heterocycles. The van der Waals surface area contributed by atoms with Crippen LogP contribution in [0.15, 0.2) is 77.8 Å². The number of Topliss-reactive ketones (excluding diaryl/α,β-unsaturated/α-hetero) is 1. The largest absolute Gasteiger partial charge is 0.464 e. The summed E-state index contributed by atoms with van der Waals surface area (Å²) in [5, 5.41) is 0. The number of hydrogen-bond acceptors (Lipinski definition) is 4. The van der Waals surface area contributed by atoms with Crippen molar-refractivity contribution in [3.05, 3.63) is 107 Å². The van der Waals surface area contributed by atoms with Gasteiger partial charge in [-0.2, -0.15) is 0 Å². The molecule has 0 saturated heterocycles. The van der Waals surface area contributed by atoms with Crippen LogP contribution in [0.2, 0.25) is 0 Å². The Kier molecular flexibility index (Phi) is 8.35. The lowest BCUT2D eigenvalue weighted by Gasteiger charge is -2.21. The molecule has 0 aliphatic rings. The van der Waals surface area contributed by atoms with Crippen LogP contribution in [-0.4, -0.2) is 30.1 Å². The molecule has 3 aromatic rings. The molecule has 3 rings (SSSR count). The summed E-state index contributed by atoms with van der Waals surface area (Å²) in [5.41, 5.74) is 1.43. The number of carbonyl (C=O) groups excluding carboxylic acids is 2. The van der Waals surface area contributed by atoms with Gasteiger partial charge in [0.05, 0.1) is 12.3 Å². The third-order valence-corrected chi connectivity index (χ3v) is 5.28. The molecule has 0 saturated carbocycles. The van der Waals surface area contributed by atoms with E-state index in [4.69, 9.17) is 4.74 Å². The van der Waals surface area contributed by atoms with Crippen molar-refractivity contribution in [2.75, 3.05) is 6.61 Å². The fourth-order valence-corrected chi connectivity index (χ4v) is 3.67. The Hall–Kier alpha value is -3.74. The van der Waals surface area contributed by atoms with Crippen LogP contribution in [0.3, 0.4) is 0 Å². The second kappa shape index (κ2) is 11.4. The lowest BCUT2D eigenvalue weighted by atomic mass is 9.88. The predicted molar refractivity (Wildman–Crippen MR) is 123 cm³/mol. The lowest BCUT2D eigenvalue weighted by molar-refractivity contribution is -0.144.